The van der Waals surface area contributed by atoms with Gasteiger partial charge in [0.05, 0.1) is 17.9 Å². The first kappa shape index (κ1) is 14.7. The van der Waals surface area contributed by atoms with Gasteiger partial charge in [0.25, 0.3) is 0 Å². The summed E-state index contributed by atoms with van der Waals surface area (Å²) in [4.78, 5) is 0. The molecule has 6 heteroatoms. The molecule has 0 aliphatic heterocycles. The Morgan fingerprint density at radius 3 is 2.43 bits per heavy atom. The molecule has 0 saturated heterocycles. The molecule has 1 aromatic heterocycles. The summed E-state index contributed by atoms with van der Waals surface area (Å²) >= 11 is 0. The number of hydrogen-bond acceptors (Lipinski definition) is 3. The smallest absolute Gasteiger partial charge is 0.416 e. The van der Waals surface area contributed by atoms with Crippen molar-refractivity contribution in [3.63, 3.8) is 0 Å². The molecular formula is C15H11F3N2O. The number of nitrogens with zero attached hydrogens (tertiary/aromatic N) is 1. The number of nitriles is 1. The van der Waals surface area contributed by atoms with E-state index in [0.29, 0.717) is 11.4 Å². The second kappa shape index (κ2) is 6.18. The number of benzene rings is 1. The Hall–Kier alpha value is -2.68. The Balaban J connectivity index is 2.04. The molecule has 2 rings (SSSR count). The summed E-state index contributed by atoms with van der Waals surface area (Å²) in [6.07, 6.45) is 0.318. The van der Waals surface area contributed by atoms with Crippen LogP contribution < -0.4 is 5.32 Å². The number of hydrogen-bond donors (Lipinski definition) is 1. The Bertz CT molecular complexity index is 637. The number of halogens is 3. The molecular weight excluding hydrogens is 281 g/mol. The highest BCUT2D eigenvalue weighted by molar-refractivity contribution is 5.51. The Labute approximate surface area is 119 Å². The Morgan fingerprint density at radius 2 is 1.90 bits per heavy atom. The second-order valence-corrected chi connectivity index (χ2v) is 4.20. The van der Waals surface area contributed by atoms with Crippen LogP contribution >= 0.6 is 0 Å². The fourth-order valence-electron chi connectivity index (χ4n) is 1.64. The number of alkyl halides is 3. The van der Waals surface area contributed by atoms with Gasteiger partial charge in [-0.2, -0.15) is 18.4 Å². The summed E-state index contributed by atoms with van der Waals surface area (Å²) in [5.41, 5.74) is -0.300. The first-order valence-corrected chi connectivity index (χ1v) is 6.04. The van der Waals surface area contributed by atoms with Crippen LogP contribution in [0, 0.1) is 11.3 Å². The minimum absolute atomic E-state index is 0.429. The first-order chi connectivity index (χ1) is 9.99. The molecule has 0 radical (unpaired) electrons. The van der Waals surface area contributed by atoms with E-state index >= 15 is 0 Å². The van der Waals surface area contributed by atoms with Gasteiger partial charge < -0.3 is 9.73 Å². The van der Waals surface area contributed by atoms with Gasteiger partial charge in [-0.05, 0) is 48.6 Å². The molecule has 1 heterocycles. The highest BCUT2D eigenvalue weighted by Gasteiger charge is 2.29. The third-order valence-electron chi connectivity index (χ3n) is 2.67. The summed E-state index contributed by atoms with van der Waals surface area (Å²) < 4.78 is 42.4. The monoisotopic (exact) mass is 292 g/mol. The number of nitrogens with one attached hydrogen (secondary N) is 1. The normalized spacial score (nSPS) is 13.0. The molecule has 0 fully saturated rings. The van der Waals surface area contributed by atoms with Gasteiger partial charge in [-0.15, -0.1) is 0 Å². The Morgan fingerprint density at radius 1 is 1.19 bits per heavy atom. The molecule has 3 nitrogen and oxygen atoms in total. The van der Waals surface area contributed by atoms with Crippen LogP contribution in [0.2, 0.25) is 0 Å². The van der Waals surface area contributed by atoms with E-state index in [1.54, 1.807) is 24.3 Å². The van der Waals surface area contributed by atoms with Crippen LogP contribution in [0.1, 0.15) is 11.3 Å². The van der Waals surface area contributed by atoms with Gasteiger partial charge in [0, 0.05) is 5.69 Å². The lowest BCUT2D eigenvalue weighted by molar-refractivity contribution is -0.137. The van der Waals surface area contributed by atoms with Crippen molar-refractivity contribution in [1.82, 2.24) is 0 Å². The molecule has 1 atom stereocenters. The molecule has 0 aliphatic carbocycles. The fourth-order valence-corrected chi connectivity index (χ4v) is 1.64. The van der Waals surface area contributed by atoms with E-state index in [1.807, 2.05) is 6.07 Å². The molecule has 1 aromatic carbocycles. The van der Waals surface area contributed by atoms with Crippen LogP contribution in [0.4, 0.5) is 18.9 Å². The second-order valence-electron chi connectivity index (χ2n) is 4.20. The standard InChI is InChI=1S/C15H11F3N2O/c16-15(17,18)11-3-5-12(6-4-11)20-13(10-19)7-8-14-2-1-9-21-14/h1-9,13,20H. The van der Waals surface area contributed by atoms with Gasteiger partial charge in [-0.25, -0.2) is 0 Å². The van der Waals surface area contributed by atoms with Crippen molar-refractivity contribution in [1.29, 1.82) is 5.26 Å². The van der Waals surface area contributed by atoms with Crippen molar-refractivity contribution in [2.75, 3.05) is 5.32 Å². The third kappa shape index (κ3) is 4.14. The predicted octanol–water partition coefficient (Wildman–Crippen LogP) is 4.32. The van der Waals surface area contributed by atoms with E-state index in [-0.39, 0.29) is 0 Å². The maximum absolute atomic E-state index is 12.4. The zero-order valence-electron chi connectivity index (χ0n) is 10.8. The molecule has 0 aliphatic rings. The number of anilines is 1. The van der Waals surface area contributed by atoms with E-state index in [2.05, 4.69) is 5.32 Å². The SMILES string of the molecule is N#CC(C=Cc1ccco1)Nc1ccc(C(F)(F)F)cc1. The lowest BCUT2D eigenvalue weighted by Crippen LogP contribution is -2.14. The van der Waals surface area contributed by atoms with Crippen molar-refractivity contribution >= 4 is 11.8 Å². The molecule has 0 saturated carbocycles. The van der Waals surface area contributed by atoms with Crippen molar-refractivity contribution in [3.8, 4) is 6.07 Å². The highest BCUT2D eigenvalue weighted by atomic mass is 19.4. The van der Waals surface area contributed by atoms with Crippen LogP contribution in [-0.4, -0.2) is 6.04 Å². The summed E-state index contributed by atoms with van der Waals surface area (Å²) in [5.74, 6) is 0.587. The van der Waals surface area contributed by atoms with Crippen molar-refractivity contribution in [3.05, 3.63) is 60.1 Å². The average Bonchev–Trinajstić information content (AvgIpc) is 2.96. The van der Waals surface area contributed by atoms with Crippen LogP contribution in [0.15, 0.2) is 53.2 Å². The van der Waals surface area contributed by atoms with Crippen LogP contribution in [0.25, 0.3) is 6.08 Å². The van der Waals surface area contributed by atoms with Crippen molar-refractivity contribution in [2.45, 2.75) is 12.2 Å². The molecule has 1 unspecified atom stereocenters. The maximum atomic E-state index is 12.4. The van der Waals surface area contributed by atoms with Gasteiger partial charge in [0.2, 0.25) is 0 Å². The van der Waals surface area contributed by atoms with Crippen LogP contribution in [0.3, 0.4) is 0 Å². The molecule has 2 aromatic rings. The number of furan rings is 1. The first-order valence-electron chi connectivity index (χ1n) is 6.04. The zero-order chi connectivity index (χ0) is 15.3. The largest absolute Gasteiger partial charge is 0.465 e. The molecule has 0 spiro atoms. The van der Waals surface area contributed by atoms with E-state index < -0.39 is 17.8 Å². The van der Waals surface area contributed by atoms with Crippen molar-refractivity contribution < 1.29 is 17.6 Å². The third-order valence-corrected chi connectivity index (χ3v) is 2.67. The van der Waals surface area contributed by atoms with Crippen LogP contribution in [-0.2, 0) is 6.18 Å². The van der Waals surface area contributed by atoms with Gasteiger partial charge in [-0.1, -0.05) is 0 Å². The lowest BCUT2D eigenvalue weighted by atomic mass is 10.2. The van der Waals surface area contributed by atoms with Crippen LogP contribution in [0.5, 0.6) is 0 Å². The molecule has 1 N–H and O–H groups in total. The summed E-state index contributed by atoms with van der Waals surface area (Å²) in [5, 5.41) is 11.8. The van der Waals surface area contributed by atoms with E-state index in [4.69, 9.17) is 9.68 Å². The molecule has 0 amide bonds. The molecule has 108 valence electrons. The summed E-state index contributed by atoms with van der Waals surface area (Å²) in [7, 11) is 0. The minimum atomic E-state index is -4.37. The molecule has 21 heavy (non-hydrogen) atoms. The topological polar surface area (TPSA) is 49.0 Å². The summed E-state index contributed by atoms with van der Waals surface area (Å²) in [6, 6.07) is 9.26. The van der Waals surface area contributed by atoms with Gasteiger partial charge in [0.1, 0.15) is 11.8 Å². The molecule has 0 bridgehead atoms. The zero-order valence-corrected chi connectivity index (χ0v) is 10.8. The fraction of sp³-hybridized carbons (Fsp3) is 0.133. The number of rotatable bonds is 4. The van der Waals surface area contributed by atoms with Gasteiger partial charge in [0.15, 0.2) is 0 Å². The van der Waals surface area contributed by atoms with Gasteiger partial charge in [-0.3, -0.25) is 0 Å². The van der Waals surface area contributed by atoms with Gasteiger partial charge >= 0.3 is 6.18 Å². The predicted molar refractivity (Wildman–Crippen MR) is 72.2 cm³/mol. The quantitative estimate of drug-likeness (QED) is 0.913. The average molecular weight is 292 g/mol. The van der Waals surface area contributed by atoms with E-state index in [9.17, 15) is 13.2 Å². The summed E-state index contributed by atoms with van der Waals surface area (Å²) in [6.45, 7) is 0. The maximum Gasteiger partial charge on any atom is 0.416 e. The van der Waals surface area contributed by atoms with E-state index in [1.165, 1.54) is 18.4 Å². The van der Waals surface area contributed by atoms with Crippen molar-refractivity contribution in [2.24, 2.45) is 0 Å². The minimum Gasteiger partial charge on any atom is -0.465 e. The lowest BCUT2D eigenvalue weighted by Gasteiger charge is -2.11. The highest BCUT2D eigenvalue weighted by Crippen LogP contribution is 2.29. The Kier molecular flexibility index (Phi) is 4.33. The van der Waals surface area contributed by atoms with E-state index in [0.717, 1.165) is 12.1 Å².